The van der Waals surface area contributed by atoms with Crippen molar-refractivity contribution in [3.63, 3.8) is 0 Å². The first-order valence-electron chi connectivity index (χ1n) is 5.28. The lowest BCUT2D eigenvalue weighted by Gasteiger charge is -2.23. The molecule has 1 atom stereocenters. The van der Waals surface area contributed by atoms with Crippen LogP contribution >= 0.6 is 0 Å². The van der Waals surface area contributed by atoms with E-state index in [1.165, 1.54) is 18.4 Å². The van der Waals surface area contributed by atoms with Crippen LogP contribution in [-0.4, -0.2) is 23.1 Å². The first-order chi connectivity index (χ1) is 6.77. The van der Waals surface area contributed by atoms with Crippen molar-refractivity contribution in [3.05, 3.63) is 23.3 Å². The van der Waals surface area contributed by atoms with E-state index in [1.807, 2.05) is 13.1 Å². The Balaban J connectivity index is 2.22. The molecule has 1 saturated heterocycles. The molecule has 1 aromatic rings. The first kappa shape index (κ1) is 9.59. The third-order valence-corrected chi connectivity index (χ3v) is 2.87. The molecule has 3 heteroatoms. The van der Waals surface area contributed by atoms with Gasteiger partial charge in [0.1, 0.15) is 5.82 Å². The van der Waals surface area contributed by atoms with Crippen LogP contribution in [0.1, 0.15) is 35.8 Å². The fourth-order valence-electron chi connectivity index (χ4n) is 2.11. The average Bonchev–Trinajstić information content (AvgIpc) is 2.19. The second-order valence-electron chi connectivity index (χ2n) is 4.00. The minimum atomic E-state index is 0.615. The fourth-order valence-corrected chi connectivity index (χ4v) is 2.11. The SMILES string of the molecule is Cc1ncc(C2CCCNC2)c(C)n1. The summed E-state index contributed by atoms with van der Waals surface area (Å²) in [6.45, 7) is 6.25. The lowest BCUT2D eigenvalue weighted by molar-refractivity contribution is 0.458. The van der Waals surface area contributed by atoms with Crippen molar-refractivity contribution in [2.45, 2.75) is 32.6 Å². The Morgan fingerprint density at radius 1 is 1.43 bits per heavy atom. The normalized spacial score (nSPS) is 22.3. The Kier molecular flexibility index (Phi) is 2.77. The van der Waals surface area contributed by atoms with Gasteiger partial charge in [-0.15, -0.1) is 0 Å². The molecule has 0 amide bonds. The summed E-state index contributed by atoms with van der Waals surface area (Å²) < 4.78 is 0. The van der Waals surface area contributed by atoms with E-state index < -0.39 is 0 Å². The van der Waals surface area contributed by atoms with Gasteiger partial charge in [0.05, 0.1) is 0 Å². The van der Waals surface area contributed by atoms with Crippen LogP contribution in [0, 0.1) is 13.8 Å². The van der Waals surface area contributed by atoms with Crippen LogP contribution in [0.4, 0.5) is 0 Å². The summed E-state index contributed by atoms with van der Waals surface area (Å²) in [5.74, 6) is 1.49. The smallest absolute Gasteiger partial charge is 0.125 e. The van der Waals surface area contributed by atoms with E-state index in [2.05, 4.69) is 22.2 Å². The molecule has 1 aliphatic heterocycles. The van der Waals surface area contributed by atoms with Crippen molar-refractivity contribution < 1.29 is 0 Å². The van der Waals surface area contributed by atoms with Crippen LogP contribution < -0.4 is 5.32 Å². The summed E-state index contributed by atoms with van der Waals surface area (Å²) in [6.07, 6.45) is 4.52. The van der Waals surface area contributed by atoms with E-state index in [4.69, 9.17) is 0 Å². The maximum absolute atomic E-state index is 4.41. The number of aromatic nitrogens is 2. The van der Waals surface area contributed by atoms with E-state index in [1.54, 1.807) is 0 Å². The molecular weight excluding hydrogens is 174 g/mol. The Bertz CT molecular complexity index is 316. The predicted octanol–water partition coefficient (Wildman–Crippen LogP) is 1.56. The van der Waals surface area contributed by atoms with Crippen LogP contribution in [0.5, 0.6) is 0 Å². The molecule has 2 rings (SSSR count). The molecule has 0 spiro atoms. The van der Waals surface area contributed by atoms with Gasteiger partial charge in [-0.1, -0.05) is 0 Å². The van der Waals surface area contributed by atoms with Gasteiger partial charge < -0.3 is 5.32 Å². The molecule has 0 radical (unpaired) electrons. The minimum Gasteiger partial charge on any atom is -0.316 e. The van der Waals surface area contributed by atoms with Gasteiger partial charge in [-0.05, 0) is 44.7 Å². The van der Waals surface area contributed by atoms with Gasteiger partial charge >= 0.3 is 0 Å². The summed E-state index contributed by atoms with van der Waals surface area (Å²) >= 11 is 0. The van der Waals surface area contributed by atoms with E-state index in [-0.39, 0.29) is 0 Å². The Labute approximate surface area is 85.0 Å². The van der Waals surface area contributed by atoms with E-state index in [0.29, 0.717) is 5.92 Å². The monoisotopic (exact) mass is 191 g/mol. The lowest BCUT2D eigenvalue weighted by atomic mass is 9.92. The van der Waals surface area contributed by atoms with Crippen molar-refractivity contribution in [1.29, 1.82) is 0 Å². The van der Waals surface area contributed by atoms with Gasteiger partial charge in [0.15, 0.2) is 0 Å². The Hall–Kier alpha value is -0.960. The molecule has 1 N–H and O–H groups in total. The lowest BCUT2D eigenvalue weighted by Crippen LogP contribution is -2.29. The first-order valence-corrected chi connectivity index (χ1v) is 5.28. The summed E-state index contributed by atoms with van der Waals surface area (Å²) in [5, 5.41) is 3.42. The van der Waals surface area contributed by atoms with Gasteiger partial charge in [0.2, 0.25) is 0 Å². The third-order valence-electron chi connectivity index (χ3n) is 2.87. The van der Waals surface area contributed by atoms with Crippen molar-refractivity contribution in [2.24, 2.45) is 0 Å². The molecule has 1 unspecified atom stereocenters. The molecular formula is C11H17N3. The number of hydrogen-bond acceptors (Lipinski definition) is 3. The highest BCUT2D eigenvalue weighted by Crippen LogP contribution is 2.24. The largest absolute Gasteiger partial charge is 0.316 e. The molecule has 1 aromatic heterocycles. The topological polar surface area (TPSA) is 37.8 Å². The highest BCUT2D eigenvalue weighted by atomic mass is 14.9. The fraction of sp³-hybridized carbons (Fsp3) is 0.636. The number of nitrogens with zero attached hydrogens (tertiary/aromatic N) is 2. The van der Waals surface area contributed by atoms with Crippen LogP contribution in [0.15, 0.2) is 6.20 Å². The van der Waals surface area contributed by atoms with Crippen LogP contribution in [0.3, 0.4) is 0 Å². The summed E-state index contributed by atoms with van der Waals surface area (Å²) in [5.41, 5.74) is 2.47. The average molecular weight is 191 g/mol. The number of piperidine rings is 1. The van der Waals surface area contributed by atoms with Crippen molar-refractivity contribution in [2.75, 3.05) is 13.1 Å². The molecule has 76 valence electrons. The van der Waals surface area contributed by atoms with Gasteiger partial charge in [-0.3, -0.25) is 0 Å². The quantitative estimate of drug-likeness (QED) is 0.732. The van der Waals surface area contributed by atoms with Crippen molar-refractivity contribution in [1.82, 2.24) is 15.3 Å². The van der Waals surface area contributed by atoms with Gasteiger partial charge in [-0.2, -0.15) is 0 Å². The zero-order chi connectivity index (χ0) is 9.97. The van der Waals surface area contributed by atoms with E-state index >= 15 is 0 Å². The number of aryl methyl sites for hydroxylation is 2. The molecule has 0 bridgehead atoms. The Morgan fingerprint density at radius 3 is 2.93 bits per heavy atom. The van der Waals surface area contributed by atoms with Gasteiger partial charge in [-0.25, -0.2) is 9.97 Å². The highest BCUT2D eigenvalue weighted by Gasteiger charge is 2.17. The number of rotatable bonds is 1. The maximum Gasteiger partial charge on any atom is 0.125 e. The molecule has 1 aliphatic rings. The molecule has 0 aliphatic carbocycles. The highest BCUT2D eigenvalue weighted by molar-refractivity contribution is 5.21. The van der Waals surface area contributed by atoms with Crippen molar-refractivity contribution in [3.8, 4) is 0 Å². The molecule has 2 heterocycles. The summed E-state index contributed by atoms with van der Waals surface area (Å²) in [6, 6.07) is 0. The number of nitrogens with one attached hydrogen (secondary N) is 1. The van der Waals surface area contributed by atoms with Crippen molar-refractivity contribution >= 4 is 0 Å². The van der Waals surface area contributed by atoms with Gasteiger partial charge in [0.25, 0.3) is 0 Å². The molecule has 0 saturated carbocycles. The number of hydrogen-bond donors (Lipinski definition) is 1. The second-order valence-corrected chi connectivity index (χ2v) is 4.00. The molecule has 14 heavy (non-hydrogen) atoms. The third kappa shape index (κ3) is 1.93. The zero-order valence-corrected chi connectivity index (χ0v) is 8.88. The summed E-state index contributed by atoms with van der Waals surface area (Å²) in [7, 11) is 0. The van der Waals surface area contributed by atoms with Crippen LogP contribution in [0.25, 0.3) is 0 Å². The Morgan fingerprint density at radius 2 is 2.29 bits per heavy atom. The van der Waals surface area contributed by atoms with Gasteiger partial charge in [0, 0.05) is 18.4 Å². The van der Waals surface area contributed by atoms with E-state index in [0.717, 1.165) is 24.6 Å². The minimum absolute atomic E-state index is 0.615. The standard InChI is InChI=1S/C11H17N3/c1-8-11(7-13-9(2)14-8)10-4-3-5-12-6-10/h7,10,12H,3-6H2,1-2H3. The van der Waals surface area contributed by atoms with E-state index in [9.17, 15) is 0 Å². The van der Waals surface area contributed by atoms with Crippen LogP contribution in [0.2, 0.25) is 0 Å². The molecule has 0 aromatic carbocycles. The molecule has 3 nitrogen and oxygen atoms in total. The second kappa shape index (κ2) is 4.05. The zero-order valence-electron chi connectivity index (χ0n) is 8.88. The summed E-state index contributed by atoms with van der Waals surface area (Å²) in [4.78, 5) is 8.69. The predicted molar refractivity (Wildman–Crippen MR) is 56.4 cm³/mol. The van der Waals surface area contributed by atoms with Crippen LogP contribution in [-0.2, 0) is 0 Å². The maximum atomic E-state index is 4.41. The molecule has 1 fully saturated rings.